The lowest BCUT2D eigenvalue weighted by Crippen LogP contribution is -2.52. The van der Waals surface area contributed by atoms with E-state index in [1.165, 1.54) is 4.90 Å². The molecule has 0 aliphatic heterocycles. The highest BCUT2D eigenvalue weighted by Gasteiger charge is 2.31. The molecule has 1 aliphatic carbocycles. The highest BCUT2D eigenvalue weighted by Crippen LogP contribution is 2.28. The van der Waals surface area contributed by atoms with Crippen molar-refractivity contribution in [1.29, 1.82) is 0 Å². The highest BCUT2D eigenvalue weighted by atomic mass is 79.9. The standard InChI is InChI=1S/C25H32BrN3O5S/c1-18(25(31)27-20-10-4-5-11-20)28(16-19-9-8-12-21(15-19)34-2)24(30)17-29(35(3,32)33)23-14-7-6-13-22(23)26/h6-9,12-15,18,20H,4-5,10-11,16-17H2,1-3H3,(H,27,31). The summed E-state index contributed by atoms with van der Waals surface area (Å²) in [5, 5.41) is 3.05. The minimum atomic E-state index is -3.78. The van der Waals surface area contributed by atoms with Crippen LogP contribution in [-0.2, 0) is 26.2 Å². The van der Waals surface area contributed by atoms with Crippen molar-refractivity contribution in [2.45, 2.75) is 51.2 Å². The second-order valence-electron chi connectivity index (χ2n) is 8.76. The van der Waals surface area contributed by atoms with Crippen molar-refractivity contribution in [1.82, 2.24) is 10.2 Å². The van der Waals surface area contributed by atoms with Gasteiger partial charge in [0.25, 0.3) is 0 Å². The zero-order chi connectivity index (χ0) is 25.6. The first kappa shape index (κ1) is 27.0. The molecule has 0 heterocycles. The van der Waals surface area contributed by atoms with E-state index in [9.17, 15) is 18.0 Å². The molecule has 1 saturated carbocycles. The van der Waals surface area contributed by atoms with Crippen LogP contribution in [0.5, 0.6) is 5.75 Å². The number of ether oxygens (including phenoxy) is 1. The van der Waals surface area contributed by atoms with Crippen molar-refractivity contribution in [2.75, 3.05) is 24.2 Å². The first-order chi connectivity index (χ1) is 16.6. The van der Waals surface area contributed by atoms with Crippen molar-refractivity contribution in [3.63, 3.8) is 0 Å². The Morgan fingerprint density at radius 2 is 1.83 bits per heavy atom. The molecule has 0 spiro atoms. The van der Waals surface area contributed by atoms with Gasteiger partial charge in [0.1, 0.15) is 18.3 Å². The highest BCUT2D eigenvalue weighted by molar-refractivity contribution is 9.10. The number of halogens is 1. The lowest BCUT2D eigenvalue weighted by Gasteiger charge is -2.32. The van der Waals surface area contributed by atoms with Crippen LogP contribution in [0.3, 0.4) is 0 Å². The third-order valence-corrected chi connectivity index (χ3v) is 7.95. The first-order valence-electron chi connectivity index (χ1n) is 11.5. The summed E-state index contributed by atoms with van der Waals surface area (Å²) in [5.41, 5.74) is 1.12. The van der Waals surface area contributed by atoms with Crippen molar-refractivity contribution in [3.8, 4) is 5.75 Å². The number of carbonyl (C=O) groups is 2. The molecule has 1 N–H and O–H groups in total. The fourth-order valence-corrected chi connectivity index (χ4v) is 5.67. The minimum absolute atomic E-state index is 0.103. The molecule has 1 fully saturated rings. The quantitative estimate of drug-likeness (QED) is 0.473. The largest absolute Gasteiger partial charge is 0.497 e. The number of amides is 2. The van der Waals surface area contributed by atoms with Crippen LogP contribution in [0.1, 0.15) is 38.2 Å². The number of nitrogens with zero attached hydrogens (tertiary/aromatic N) is 2. The van der Waals surface area contributed by atoms with Crippen LogP contribution < -0.4 is 14.4 Å². The third kappa shape index (κ3) is 7.20. The Kier molecular flexibility index (Phi) is 9.18. The molecular weight excluding hydrogens is 534 g/mol. The third-order valence-electron chi connectivity index (χ3n) is 6.16. The molecule has 2 amide bonds. The average Bonchev–Trinajstić information content (AvgIpc) is 3.33. The smallest absolute Gasteiger partial charge is 0.244 e. The normalized spacial score (nSPS) is 14.9. The summed E-state index contributed by atoms with van der Waals surface area (Å²) in [6.07, 6.45) is 5.04. The van der Waals surface area contributed by atoms with Gasteiger partial charge in [0.05, 0.1) is 19.1 Å². The van der Waals surface area contributed by atoms with Gasteiger partial charge >= 0.3 is 0 Å². The number of nitrogens with one attached hydrogen (secondary N) is 1. The molecule has 1 unspecified atom stereocenters. The summed E-state index contributed by atoms with van der Waals surface area (Å²) in [7, 11) is -2.22. The SMILES string of the molecule is COc1cccc(CN(C(=O)CN(c2ccccc2Br)S(C)(=O)=O)C(C)C(=O)NC2CCCC2)c1. The van der Waals surface area contributed by atoms with Crippen molar-refractivity contribution in [3.05, 3.63) is 58.6 Å². The lowest BCUT2D eigenvalue weighted by atomic mass is 10.1. The maximum atomic E-state index is 13.6. The van der Waals surface area contributed by atoms with Gasteiger partial charge in [-0.05, 0) is 65.5 Å². The monoisotopic (exact) mass is 565 g/mol. The van der Waals surface area contributed by atoms with E-state index in [0.717, 1.165) is 41.8 Å². The number of methoxy groups -OCH3 is 1. The molecular formula is C25H32BrN3O5S. The van der Waals surface area contributed by atoms with Gasteiger partial charge in [-0.25, -0.2) is 8.42 Å². The summed E-state index contributed by atoms with van der Waals surface area (Å²) < 4.78 is 32.2. The molecule has 0 radical (unpaired) electrons. The lowest BCUT2D eigenvalue weighted by molar-refractivity contribution is -0.139. The number of benzene rings is 2. The molecule has 1 atom stereocenters. The van der Waals surface area contributed by atoms with Gasteiger partial charge in [-0.3, -0.25) is 13.9 Å². The van der Waals surface area contributed by atoms with Crippen LogP contribution in [0.25, 0.3) is 0 Å². The number of para-hydroxylation sites is 1. The number of hydrogen-bond donors (Lipinski definition) is 1. The minimum Gasteiger partial charge on any atom is -0.497 e. The zero-order valence-corrected chi connectivity index (χ0v) is 22.6. The fraction of sp³-hybridized carbons (Fsp3) is 0.440. The summed E-state index contributed by atoms with van der Waals surface area (Å²) in [6, 6.07) is 13.4. The number of rotatable bonds is 10. The molecule has 2 aromatic rings. The maximum Gasteiger partial charge on any atom is 0.244 e. The van der Waals surface area contributed by atoms with Crippen molar-refractivity contribution >= 4 is 43.5 Å². The molecule has 35 heavy (non-hydrogen) atoms. The van der Waals surface area contributed by atoms with E-state index in [-0.39, 0.29) is 18.5 Å². The Hall–Kier alpha value is -2.59. The summed E-state index contributed by atoms with van der Waals surface area (Å²) in [6.45, 7) is 1.36. The van der Waals surface area contributed by atoms with Gasteiger partial charge in [-0.2, -0.15) is 0 Å². The number of carbonyl (C=O) groups excluding carboxylic acids is 2. The summed E-state index contributed by atoms with van der Waals surface area (Å²) in [5.74, 6) is -0.105. The average molecular weight is 567 g/mol. The van der Waals surface area contributed by atoms with Crippen LogP contribution in [0, 0.1) is 0 Å². The second-order valence-corrected chi connectivity index (χ2v) is 11.5. The predicted octanol–water partition coefficient (Wildman–Crippen LogP) is 3.70. The molecule has 3 rings (SSSR count). The molecule has 10 heteroatoms. The van der Waals surface area contributed by atoms with Gasteiger partial charge in [0, 0.05) is 17.1 Å². The van der Waals surface area contributed by atoms with E-state index in [4.69, 9.17) is 4.74 Å². The van der Waals surface area contributed by atoms with E-state index in [2.05, 4.69) is 21.2 Å². The number of sulfonamides is 1. The van der Waals surface area contributed by atoms with Crippen LogP contribution in [0.4, 0.5) is 5.69 Å². The molecule has 2 aromatic carbocycles. The van der Waals surface area contributed by atoms with Gasteiger partial charge in [-0.1, -0.05) is 37.1 Å². The van der Waals surface area contributed by atoms with Gasteiger partial charge in [-0.15, -0.1) is 0 Å². The van der Waals surface area contributed by atoms with Gasteiger partial charge < -0.3 is 15.0 Å². The van der Waals surface area contributed by atoms with Crippen molar-refractivity contribution < 1.29 is 22.7 Å². The Bertz CT molecular complexity index is 1150. The molecule has 190 valence electrons. The van der Waals surface area contributed by atoms with E-state index >= 15 is 0 Å². The van der Waals surface area contributed by atoms with Crippen LogP contribution in [-0.4, -0.2) is 57.1 Å². The maximum absolute atomic E-state index is 13.6. The van der Waals surface area contributed by atoms with Gasteiger partial charge in [0.15, 0.2) is 0 Å². The molecule has 0 saturated heterocycles. The molecule has 1 aliphatic rings. The predicted molar refractivity (Wildman–Crippen MR) is 140 cm³/mol. The van der Waals surface area contributed by atoms with E-state index in [0.29, 0.717) is 15.9 Å². The number of hydrogen-bond acceptors (Lipinski definition) is 5. The molecule has 8 nitrogen and oxygen atoms in total. The number of anilines is 1. The Morgan fingerprint density at radius 1 is 1.14 bits per heavy atom. The topological polar surface area (TPSA) is 96.0 Å². The van der Waals surface area contributed by atoms with Crippen molar-refractivity contribution in [2.24, 2.45) is 0 Å². The fourth-order valence-electron chi connectivity index (χ4n) is 4.19. The van der Waals surface area contributed by atoms with E-state index in [1.54, 1.807) is 50.4 Å². The van der Waals surface area contributed by atoms with E-state index < -0.39 is 28.5 Å². The summed E-state index contributed by atoms with van der Waals surface area (Å²) >= 11 is 3.38. The zero-order valence-electron chi connectivity index (χ0n) is 20.2. The Labute approximate surface area is 215 Å². The first-order valence-corrected chi connectivity index (χ1v) is 14.2. The second kappa shape index (κ2) is 11.9. The van der Waals surface area contributed by atoms with Gasteiger partial charge in [0.2, 0.25) is 21.8 Å². The summed E-state index contributed by atoms with van der Waals surface area (Å²) in [4.78, 5) is 28.1. The Morgan fingerprint density at radius 3 is 2.46 bits per heavy atom. The molecule has 0 bridgehead atoms. The van der Waals surface area contributed by atoms with Crippen LogP contribution in [0.2, 0.25) is 0 Å². The van der Waals surface area contributed by atoms with Crippen LogP contribution in [0.15, 0.2) is 53.0 Å². The van der Waals surface area contributed by atoms with Crippen LogP contribution >= 0.6 is 15.9 Å². The van der Waals surface area contributed by atoms with E-state index in [1.807, 2.05) is 12.1 Å². The Balaban J connectivity index is 1.90. The molecule has 0 aromatic heterocycles.